The van der Waals surface area contributed by atoms with Gasteiger partial charge in [-0.3, -0.25) is 14.4 Å². The van der Waals surface area contributed by atoms with Crippen LogP contribution in [0.4, 0.5) is 0 Å². The molecule has 0 fully saturated rings. The predicted molar refractivity (Wildman–Crippen MR) is 157 cm³/mol. The van der Waals surface area contributed by atoms with E-state index in [4.69, 9.17) is 18.9 Å². The van der Waals surface area contributed by atoms with E-state index in [2.05, 4.69) is 16.0 Å². The molecule has 3 atom stereocenters. The Morgan fingerprint density at radius 3 is 2.07 bits per heavy atom. The minimum atomic E-state index is -2.08. The zero-order chi connectivity index (χ0) is 31.2. The number of hydrogen-bond donors (Lipinski definition) is 5. The minimum absolute atomic E-state index is 0.0244. The van der Waals surface area contributed by atoms with Gasteiger partial charge in [-0.25, -0.2) is 0 Å². The topological polar surface area (TPSA) is 165 Å². The molecule has 0 heterocycles. The van der Waals surface area contributed by atoms with Crippen molar-refractivity contribution >= 4 is 25.0 Å². The van der Waals surface area contributed by atoms with Gasteiger partial charge in [0.2, 0.25) is 23.5 Å². The molecule has 0 spiro atoms. The number of carbonyl (C=O) groups excluding carboxylic acids is 3. The summed E-state index contributed by atoms with van der Waals surface area (Å²) >= 11 is 0. The van der Waals surface area contributed by atoms with Gasteiger partial charge in [-0.2, -0.15) is 0 Å². The standard InChI is InChI=1S/C29H42BN3O9/c1-18(2)16-25(42-30(37)38)33-28(35)19(3)31-29(36)22(32-24(34)15-12-20-10-8-7-9-11-20)17-21-13-14-23(39-4)27(41-6)26(21)40-5/h7-11,13-14,18-19,22,25,37-38H,12,15-17H2,1-6H3,(H,31,36)(H,32,34)(H,33,35)/t19-,22-,25+/m0/s1. The number of ether oxygens (including phenoxy) is 3. The first-order chi connectivity index (χ1) is 20.0. The van der Waals surface area contributed by atoms with Gasteiger partial charge in [-0.1, -0.05) is 50.2 Å². The summed E-state index contributed by atoms with van der Waals surface area (Å²) < 4.78 is 21.3. The number of methoxy groups -OCH3 is 3. The molecule has 42 heavy (non-hydrogen) atoms. The van der Waals surface area contributed by atoms with Gasteiger partial charge >= 0.3 is 7.32 Å². The van der Waals surface area contributed by atoms with E-state index < -0.39 is 37.4 Å². The number of hydrogen-bond acceptors (Lipinski definition) is 9. The maximum Gasteiger partial charge on any atom is 0.635 e. The highest BCUT2D eigenvalue weighted by Crippen LogP contribution is 2.40. The molecule has 0 saturated carbocycles. The van der Waals surface area contributed by atoms with Gasteiger partial charge in [0.25, 0.3) is 0 Å². The number of aryl methyl sites for hydroxylation is 1. The lowest BCUT2D eigenvalue weighted by molar-refractivity contribution is -0.132. The van der Waals surface area contributed by atoms with Crippen LogP contribution in [-0.2, 0) is 31.9 Å². The van der Waals surface area contributed by atoms with Crippen molar-refractivity contribution in [2.75, 3.05) is 21.3 Å². The molecule has 12 nitrogen and oxygen atoms in total. The third kappa shape index (κ3) is 10.9. The van der Waals surface area contributed by atoms with Crippen molar-refractivity contribution in [2.24, 2.45) is 5.92 Å². The molecule has 2 aromatic rings. The molecule has 2 aromatic carbocycles. The van der Waals surface area contributed by atoms with E-state index in [1.807, 2.05) is 44.2 Å². The number of rotatable bonds is 17. The van der Waals surface area contributed by atoms with E-state index in [0.29, 0.717) is 35.7 Å². The van der Waals surface area contributed by atoms with Crippen LogP contribution in [0.5, 0.6) is 17.2 Å². The highest BCUT2D eigenvalue weighted by atomic mass is 16.6. The summed E-state index contributed by atoms with van der Waals surface area (Å²) in [6.45, 7) is 5.23. The Morgan fingerprint density at radius 1 is 0.833 bits per heavy atom. The number of amides is 3. The smallest absolute Gasteiger partial charge is 0.493 e. The lowest BCUT2D eigenvalue weighted by Crippen LogP contribution is -2.55. The Balaban J connectivity index is 2.24. The lowest BCUT2D eigenvalue weighted by Gasteiger charge is -2.25. The molecule has 13 heteroatoms. The highest BCUT2D eigenvalue weighted by molar-refractivity contribution is 6.32. The number of nitrogens with one attached hydrogen (secondary N) is 3. The minimum Gasteiger partial charge on any atom is -0.493 e. The SMILES string of the molecule is COc1ccc(C[C@H](NC(=O)CCc2ccccc2)C(=O)N[C@@H](C)C(=O)N[C@@H](CC(C)C)OB(O)O)c(OC)c1OC. The van der Waals surface area contributed by atoms with E-state index in [-0.39, 0.29) is 24.7 Å². The van der Waals surface area contributed by atoms with Crippen LogP contribution >= 0.6 is 0 Å². The maximum atomic E-state index is 13.5. The van der Waals surface area contributed by atoms with Crippen LogP contribution in [-0.4, -0.2) is 74.7 Å². The molecule has 0 aliphatic rings. The molecule has 5 N–H and O–H groups in total. The molecule has 0 aliphatic heterocycles. The fourth-order valence-corrected chi connectivity index (χ4v) is 4.31. The summed E-state index contributed by atoms with van der Waals surface area (Å²) in [6.07, 6.45) is -0.0287. The third-order valence-electron chi connectivity index (χ3n) is 6.37. The fraction of sp³-hybridized carbons (Fsp3) is 0.483. The van der Waals surface area contributed by atoms with Crippen molar-refractivity contribution in [3.63, 3.8) is 0 Å². The first-order valence-corrected chi connectivity index (χ1v) is 13.7. The van der Waals surface area contributed by atoms with Crippen LogP contribution in [0.15, 0.2) is 42.5 Å². The van der Waals surface area contributed by atoms with Crippen molar-refractivity contribution in [1.82, 2.24) is 16.0 Å². The molecule has 0 radical (unpaired) electrons. The molecule has 3 amide bonds. The Labute approximate surface area is 247 Å². The molecule has 0 unspecified atom stereocenters. The number of benzene rings is 2. The second kappa shape index (κ2) is 17.2. The molecular weight excluding hydrogens is 545 g/mol. The van der Waals surface area contributed by atoms with Crippen molar-refractivity contribution in [1.29, 1.82) is 0 Å². The van der Waals surface area contributed by atoms with Crippen LogP contribution in [0.2, 0.25) is 0 Å². The summed E-state index contributed by atoms with van der Waals surface area (Å²) in [4.78, 5) is 39.3. The second-order valence-electron chi connectivity index (χ2n) is 10.1. The predicted octanol–water partition coefficient (Wildman–Crippen LogP) is 1.35. The molecule has 0 aliphatic carbocycles. The third-order valence-corrected chi connectivity index (χ3v) is 6.37. The first-order valence-electron chi connectivity index (χ1n) is 13.7. The van der Waals surface area contributed by atoms with Crippen LogP contribution in [0.25, 0.3) is 0 Å². The average molecular weight is 587 g/mol. The largest absolute Gasteiger partial charge is 0.635 e. The quantitative estimate of drug-likeness (QED) is 0.136. The Hall–Kier alpha value is -3.81. The van der Waals surface area contributed by atoms with Crippen molar-refractivity contribution in [3.8, 4) is 17.2 Å². The maximum absolute atomic E-state index is 13.5. The molecule has 2 rings (SSSR count). The van der Waals surface area contributed by atoms with E-state index in [0.717, 1.165) is 5.56 Å². The van der Waals surface area contributed by atoms with Crippen molar-refractivity contribution < 1.29 is 43.3 Å². The van der Waals surface area contributed by atoms with Gasteiger partial charge in [0.15, 0.2) is 11.5 Å². The molecular formula is C29H42BN3O9. The fourth-order valence-electron chi connectivity index (χ4n) is 4.31. The van der Waals surface area contributed by atoms with E-state index >= 15 is 0 Å². The summed E-state index contributed by atoms with van der Waals surface area (Å²) in [5, 5.41) is 26.4. The Kier molecular flexibility index (Phi) is 14.1. The number of carbonyl (C=O) groups is 3. The van der Waals surface area contributed by atoms with Gasteiger partial charge in [-0.05, 0) is 37.3 Å². The lowest BCUT2D eigenvalue weighted by atomic mass is 10.0. The Bertz CT molecular complexity index is 1150. The summed E-state index contributed by atoms with van der Waals surface area (Å²) in [6, 6.07) is 10.8. The van der Waals surface area contributed by atoms with E-state index in [9.17, 15) is 24.4 Å². The van der Waals surface area contributed by atoms with Crippen LogP contribution in [0.1, 0.15) is 44.7 Å². The van der Waals surface area contributed by atoms with Crippen molar-refractivity contribution in [2.45, 2.75) is 64.8 Å². The Morgan fingerprint density at radius 2 is 1.50 bits per heavy atom. The van der Waals surface area contributed by atoms with Gasteiger partial charge in [0, 0.05) is 18.4 Å². The molecule has 230 valence electrons. The van der Waals surface area contributed by atoms with Crippen LogP contribution in [0.3, 0.4) is 0 Å². The van der Waals surface area contributed by atoms with Crippen LogP contribution < -0.4 is 30.2 Å². The molecule has 0 aromatic heterocycles. The van der Waals surface area contributed by atoms with Gasteiger partial charge in [0.1, 0.15) is 18.3 Å². The molecule has 0 saturated heterocycles. The normalized spacial score (nSPS) is 13.0. The molecule has 0 bridgehead atoms. The summed E-state index contributed by atoms with van der Waals surface area (Å²) in [5.74, 6) is -0.373. The summed E-state index contributed by atoms with van der Waals surface area (Å²) in [5.41, 5.74) is 1.55. The van der Waals surface area contributed by atoms with Crippen LogP contribution in [0, 0.1) is 5.92 Å². The first kappa shape index (κ1) is 34.4. The zero-order valence-corrected chi connectivity index (χ0v) is 25.0. The van der Waals surface area contributed by atoms with Gasteiger partial charge in [0.05, 0.1) is 21.3 Å². The van der Waals surface area contributed by atoms with E-state index in [1.54, 1.807) is 12.1 Å². The van der Waals surface area contributed by atoms with Gasteiger partial charge < -0.3 is 44.9 Å². The monoisotopic (exact) mass is 587 g/mol. The highest BCUT2D eigenvalue weighted by Gasteiger charge is 2.29. The average Bonchev–Trinajstić information content (AvgIpc) is 2.94. The summed E-state index contributed by atoms with van der Waals surface area (Å²) in [7, 11) is 2.34. The second-order valence-corrected chi connectivity index (χ2v) is 10.1. The zero-order valence-electron chi connectivity index (χ0n) is 25.0. The van der Waals surface area contributed by atoms with Gasteiger partial charge in [-0.15, -0.1) is 0 Å². The van der Waals surface area contributed by atoms with E-state index in [1.165, 1.54) is 28.3 Å². The van der Waals surface area contributed by atoms with Crippen molar-refractivity contribution in [3.05, 3.63) is 53.6 Å².